The summed E-state index contributed by atoms with van der Waals surface area (Å²) in [6.07, 6.45) is 0.551. The van der Waals surface area contributed by atoms with E-state index < -0.39 is 22.0 Å². The van der Waals surface area contributed by atoms with Gasteiger partial charge in [-0.1, -0.05) is 0 Å². The molecule has 0 radical (unpaired) electrons. The van der Waals surface area contributed by atoms with E-state index in [1.807, 2.05) is 0 Å². The number of carbonyl (C=O) groups is 2. The molecule has 9 heteroatoms. The summed E-state index contributed by atoms with van der Waals surface area (Å²) in [6.45, 7) is 1.69. The van der Waals surface area contributed by atoms with Gasteiger partial charge in [0.2, 0.25) is 0 Å². The highest BCUT2D eigenvalue weighted by Crippen LogP contribution is 2.35. The first-order chi connectivity index (χ1) is 10.7. The molecule has 126 valence electrons. The quantitative estimate of drug-likeness (QED) is 0.834. The fraction of sp³-hybridized carbons (Fsp3) is 0.429. The molecule has 1 aliphatic rings. The first-order valence-electron chi connectivity index (χ1n) is 6.98. The van der Waals surface area contributed by atoms with Gasteiger partial charge in [-0.25, -0.2) is 13.2 Å². The van der Waals surface area contributed by atoms with Gasteiger partial charge in [-0.05, 0) is 25.1 Å². The minimum Gasteiger partial charge on any atom is -0.479 e. The normalized spacial score (nSPS) is 17.3. The lowest BCUT2D eigenvalue weighted by Gasteiger charge is -2.30. The van der Waals surface area contributed by atoms with Crippen molar-refractivity contribution in [1.82, 2.24) is 5.32 Å². The second-order valence-corrected chi connectivity index (χ2v) is 7.61. The zero-order valence-corrected chi connectivity index (χ0v) is 13.9. The minimum atomic E-state index is -3.13. The molecule has 0 bridgehead atoms. The van der Waals surface area contributed by atoms with Crippen molar-refractivity contribution in [2.75, 3.05) is 35.8 Å². The van der Waals surface area contributed by atoms with Crippen LogP contribution in [-0.2, 0) is 14.6 Å². The molecule has 1 atom stereocenters. The van der Waals surface area contributed by atoms with Crippen LogP contribution in [0.3, 0.4) is 0 Å². The number of sulfone groups is 1. The van der Waals surface area contributed by atoms with Crippen molar-refractivity contribution >= 4 is 33.2 Å². The Balaban J connectivity index is 2.02. The van der Waals surface area contributed by atoms with Crippen LogP contribution in [0.5, 0.6) is 5.75 Å². The average molecular weight is 341 g/mol. The van der Waals surface area contributed by atoms with Crippen LogP contribution >= 0.6 is 0 Å². The van der Waals surface area contributed by atoms with Crippen LogP contribution in [0, 0.1) is 0 Å². The number of nitrogens with one attached hydrogen (secondary N) is 2. The Morgan fingerprint density at radius 2 is 2.09 bits per heavy atom. The van der Waals surface area contributed by atoms with Gasteiger partial charge in [0.1, 0.15) is 15.6 Å². The number of carbonyl (C=O) groups excluding carboxylic acids is 2. The highest BCUT2D eigenvalue weighted by Gasteiger charge is 2.29. The van der Waals surface area contributed by atoms with E-state index in [0.29, 0.717) is 17.1 Å². The van der Waals surface area contributed by atoms with E-state index in [1.54, 1.807) is 32.2 Å². The number of benzene rings is 1. The van der Waals surface area contributed by atoms with Gasteiger partial charge in [0, 0.05) is 25.5 Å². The molecular formula is C14H19N3O5S. The molecule has 0 unspecified atom stereocenters. The van der Waals surface area contributed by atoms with Crippen LogP contribution < -0.4 is 20.3 Å². The predicted octanol–water partition coefficient (Wildman–Crippen LogP) is 0.596. The Morgan fingerprint density at radius 1 is 1.39 bits per heavy atom. The maximum absolute atomic E-state index is 11.9. The smallest absolute Gasteiger partial charge is 0.319 e. The Labute approximate surface area is 134 Å². The highest BCUT2D eigenvalue weighted by atomic mass is 32.2. The third kappa shape index (κ3) is 4.35. The number of urea groups is 1. The topological polar surface area (TPSA) is 105 Å². The molecule has 0 saturated carbocycles. The Bertz CT molecular complexity index is 732. The first-order valence-corrected chi connectivity index (χ1v) is 9.04. The molecule has 23 heavy (non-hydrogen) atoms. The number of hydrogen-bond donors (Lipinski definition) is 2. The van der Waals surface area contributed by atoms with Crippen molar-refractivity contribution in [2.45, 2.75) is 13.0 Å². The van der Waals surface area contributed by atoms with Gasteiger partial charge >= 0.3 is 6.03 Å². The fourth-order valence-electron chi connectivity index (χ4n) is 2.11. The lowest BCUT2D eigenvalue weighted by Crippen LogP contribution is -2.42. The molecule has 1 aromatic carbocycles. The summed E-state index contributed by atoms with van der Waals surface area (Å²) >= 11 is 0. The summed E-state index contributed by atoms with van der Waals surface area (Å²) in [5.41, 5.74) is 1.03. The van der Waals surface area contributed by atoms with E-state index in [4.69, 9.17) is 4.74 Å². The van der Waals surface area contributed by atoms with Crippen molar-refractivity contribution in [1.29, 1.82) is 0 Å². The van der Waals surface area contributed by atoms with Crippen LogP contribution in [0.25, 0.3) is 0 Å². The summed E-state index contributed by atoms with van der Waals surface area (Å²) in [6, 6.07) is 4.41. The molecular weight excluding hydrogens is 322 g/mol. The van der Waals surface area contributed by atoms with Crippen molar-refractivity contribution < 1.29 is 22.7 Å². The molecule has 1 aromatic rings. The molecule has 2 rings (SSSR count). The van der Waals surface area contributed by atoms with Crippen molar-refractivity contribution in [2.24, 2.45) is 0 Å². The van der Waals surface area contributed by atoms with Crippen LogP contribution in [0.2, 0.25) is 0 Å². The lowest BCUT2D eigenvalue weighted by atomic mass is 10.2. The van der Waals surface area contributed by atoms with Crippen LogP contribution in [0.15, 0.2) is 18.2 Å². The molecule has 8 nitrogen and oxygen atoms in total. The molecule has 0 spiro atoms. The van der Waals surface area contributed by atoms with Crippen LogP contribution in [-0.4, -0.2) is 52.1 Å². The SMILES string of the molecule is C[C@@H]1Oc2ccc(NC(=O)NCCS(C)(=O)=O)cc2N(C)C1=O. The largest absolute Gasteiger partial charge is 0.479 e. The standard InChI is InChI=1S/C14H19N3O5S/c1-9-13(18)17(2)11-8-10(4-5-12(11)22-9)16-14(19)15-6-7-23(3,20)21/h4-5,8-9H,6-7H2,1-3H3,(H2,15,16,19)/t9-/m0/s1. The zero-order chi connectivity index (χ0) is 17.2. The van der Waals surface area contributed by atoms with Gasteiger partial charge < -0.3 is 20.3 Å². The van der Waals surface area contributed by atoms with E-state index >= 15 is 0 Å². The van der Waals surface area contributed by atoms with E-state index in [1.165, 1.54) is 4.90 Å². The van der Waals surface area contributed by atoms with Crippen LogP contribution in [0.4, 0.5) is 16.2 Å². The molecule has 3 amide bonds. The monoisotopic (exact) mass is 341 g/mol. The Morgan fingerprint density at radius 3 is 2.74 bits per heavy atom. The summed E-state index contributed by atoms with van der Waals surface area (Å²) in [7, 11) is -1.49. The third-order valence-electron chi connectivity index (χ3n) is 3.32. The summed E-state index contributed by atoms with van der Waals surface area (Å²) in [5.74, 6) is 0.253. The molecule has 0 aliphatic carbocycles. The van der Waals surface area contributed by atoms with Gasteiger partial charge in [-0.3, -0.25) is 4.79 Å². The number of likely N-dealkylation sites (N-methyl/N-ethyl adjacent to an activating group) is 1. The molecule has 0 aromatic heterocycles. The number of anilines is 2. The van der Waals surface area contributed by atoms with Gasteiger partial charge in [0.05, 0.1) is 11.4 Å². The highest BCUT2D eigenvalue weighted by molar-refractivity contribution is 7.90. The lowest BCUT2D eigenvalue weighted by molar-refractivity contribution is -0.125. The van der Waals surface area contributed by atoms with Gasteiger partial charge in [0.25, 0.3) is 5.91 Å². The molecule has 1 aliphatic heterocycles. The van der Waals surface area contributed by atoms with E-state index in [-0.39, 0.29) is 18.2 Å². The number of hydrogen-bond acceptors (Lipinski definition) is 5. The fourth-order valence-corrected chi connectivity index (χ4v) is 2.59. The van der Waals surface area contributed by atoms with Gasteiger partial charge in [-0.2, -0.15) is 0 Å². The summed E-state index contributed by atoms with van der Waals surface area (Å²) in [5, 5.41) is 5.04. The molecule has 1 heterocycles. The number of ether oxygens (including phenoxy) is 1. The van der Waals surface area contributed by atoms with Crippen molar-refractivity contribution in [3.63, 3.8) is 0 Å². The Hall–Kier alpha value is -2.29. The van der Waals surface area contributed by atoms with Gasteiger partial charge in [-0.15, -0.1) is 0 Å². The Kier molecular flexibility index (Phi) is 4.79. The number of fused-ring (bicyclic) bond motifs is 1. The zero-order valence-electron chi connectivity index (χ0n) is 13.1. The number of amides is 3. The molecule has 2 N–H and O–H groups in total. The minimum absolute atomic E-state index is 0.0224. The first kappa shape index (κ1) is 17.1. The second-order valence-electron chi connectivity index (χ2n) is 5.35. The molecule has 0 saturated heterocycles. The van der Waals surface area contributed by atoms with Crippen LogP contribution in [0.1, 0.15) is 6.92 Å². The van der Waals surface area contributed by atoms with E-state index in [0.717, 1.165) is 6.26 Å². The third-order valence-corrected chi connectivity index (χ3v) is 4.26. The van der Waals surface area contributed by atoms with Crippen molar-refractivity contribution in [3.8, 4) is 5.75 Å². The van der Waals surface area contributed by atoms with Gasteiger partial charge in [0.15, 0.2) is 6.10 Å². The number of rotatable bonds is 4. The molecule has 0 fully saturated rings. The maximum atomic E-state index is 11.9. The second kappa shape index (κ2) is 6.45. The van der Waals surface area contributed by atoms with E-state index in [9.17, 15) is 18.0 Å². The predicted molar refractivity (Wildman–Crippen MR) is 86.7 cm³/mol. The average Bonchev–Trinajstić information content (AvgIpc) is 2.44. The maximum Gasteiger partial charge on any atom is 0.319 e. The van der Waals surface area contributed by atoms with E-state index in [2.05, 4.69) is 10.6 Å². The summed E-state index contributed by atoms with van der Waals surface area (Å²) in [4.78, 5) is 25.1. The van der Waals surface area contributed by atoms with Crippen molar-refractivity contribution in [3.05, 3.63) is 18.2 Å². The summed E-state index contributed by atoms with van der Waals surface area (Å²) < 4.78 is 27.5. The number of nitrogens with zero attached hydrogens (tertiary/aromatic N) is 1.